The normalized spacial score (nSPS) is 17.3. The highest BCUT2D eigenvalue weighted by Gasteiger charge is 2.23. The summed E-state index contributed by atoms with van der Waals surface area (Å²) < 4.78 is 5.27. The second-order valence-corrected chi connectivity index (χ2v) is 4.37. The minimum absolute atomic E-state index is 0.428. The molecule has 0 N–H and O–H groups in total. The molecule has 1 fully saturated rings. The number of hydrogen-bond donors (Lipinski definition) is 0. The minimum Gasteiger partial charge on any atom is -0.428 e. The standard InChI is InChI=1S/C13H15N3O/c1-2-4-12(5-3-1)16-8-6-11(7-9-16)13-15-14-10-17-13/h1-5,10-11H,6-9H2. The van der Waals surface area contributed by atoms with Crippen LogP contribution < -0.4 is 4.90 Å². The first kappa shape index (κ1) is 10.3. The molecule has 0 amide bonds. The van der Waals surface area contributed by atoms with Crippen molar-refractivity contribution in [2.75, 3.05) is 18.0 Å². The van der Waals surface area contributed by atoms with E-state index in [0.29, 0.717) is 5.92 Å². The summed E-state index contributed by atoms with van der Waals surface area (Å²) in [6.45, 7) is 2.11. The summed E-state index contributed by atoms with van der Waals surface area (Å²) >= 11 is 0. The number of nitrogens with zero attached hydrogens (tertiary/aromatic N) is 3. The van der Waals surface area contributed by atoms with E-state index in [0.717, 1.165) is 31.8 Å². The summed E-state index contributed by atoms with van der Waals surface area (Å²) in [6.07, 6.45) is 3.58. The number of anilines is 1. The summed E-state index contributed by atoms with van der Waals surface area (Å²) in [4.78, 5) is 2.41. The summed E-state index contributed by atoms with van der Waals surface area (Å²) in [5.41, 5.74) is 1.30. The lowest BCUT2D eigenvalue weighted by molar-refractivity contribution is 0.393. The highest BCUT2D eigenvalue weighted by molar-refractivity contribution is 5.46. The van der Waals surface area contributed by atoms with Gasteiger partial charge in [-0.3, -0.25) is 0 Å². The van der Waals surface area contributed by atoms with Gasteiger partial charge in [0.25, 0.3) is 0 Å². The lowest BCUT2D eigenvalue weighted by Gasteiger charge is -2.32. The van der Waals surface area contributed by atoms with Gasteiger partial charge in [-0.15, -0.1) is 10.2 Å². The van der Waals surface area contributed by atoms with Crippen molar-refractivity contribution in [2.24, 2.45) is 0 Å². The van der Waals surface area contributed by atoms with Gasteiger partial charge in [-0.1, -0.05) is 18.2 Å². The molecule has 1 saturated heterocycles. The second-order valence-electron chi connectivity index (χ2n) is 4.37. The van der Waals surface area contributed by atoms with Gasteiger partial charge in [0, 0.05) is 24.7 Å². The topological polar surface area (TPSA) is 42.2 Å². The lowest BCUT2D eigenvalue weighted by Crippen LogP contribution is -2.32. The summed E-state index contributed by atoms with van der Waals surface area (Å²) in [7, 11) is 0. The molecule has 4 heteroatoms. The molecule has 1 aromatic heterocycles. The Bertz CT molecular complexity index is 447. The fourth-order valence-electron chi connectivity index (χ4n) is 2.38. The van der Waals surface area contributed by atoms with Gasteiger partial charge in [0.15, 0.2) is 0 Å². The molecule has 1 aromatic carbocycles. The molecular formula is C13H15N3O. The van der Waals surface area contributed by atoms with Crippen LogP contribution in [0, 0.1) is 0 Å². The van der Waals surface area contributed by atoms with Crippen LogP contribution in [0.4, 0.5) is 5.69 Å². The molecule has 3 rings (SSSR count). The van der Waals surface area contributed by atoms with Gasteiger partial charge < -0.3 is 9.32 Å². The Morgan fingerprint density at radius 3 is 2.53 bits per heavy atom. The lowest BCUT2D eigenvalue weighted by atomic mass is 9.96. The van der Waals surface area contributed by atoms with Crippen LogP contribution in [0.1, 0.15) is 24.7 Å². The van der Waals surface area contributed by atoms with E-state index in [1.165, 1.54) is 12.1 Å². The fourth-order valence-corrected chi connectivity index (χ4v) is 2.38. The number of para-hydroxylation sites is 1. The number of piperidine rings is 1. The van der Waals surface area contributed by atoms with Crippen molar-refractivity contribution in [1.82, 2.24) is 10.2 Å². The van der Waals surface area contributed by atoms with E-state index in [4.69, 9.17) is 4.42 Å². The van der Waals surface area contributed by atoms with Gasteiger partial charge in [-0.2, -0.15) is 0 Å². The Hall–Kier alpha value is -1.84. The zero-order valence-corrected chi connectivity index (χ0v) is 9.62. The van der Waals surface area contributed by atoms with Crippen molar-refractivity contribution in [2.45, 2.75) is 18.8 Å². The Morgan fingerprint density at radius 2 is 1.88 bits per heavy atom. The third kappa shape index (κ3) is 2.16. The summed E-state index contributed by atoms with van der Waals surface area (Å²) in [5, 5.41) is 7.75. The van der Waals surface area contributed by atoms with Crippen LogP contribution in [0.25, 0.3) is 0 Å². The molecule has 0 unspecified atom stereocenters. The van der Waals surface area contributed by atoms with Crippen molar-refractivity contribution in [3.63, 3.8) is 0 Å². The van der Waals surface area contributed by atoms with E-state index in [2.05, 4.69) is 45.4 Å². The molecule has 0 aliphatic carbocycles. The van der Waals surface area contributed by atoms with Crippen LogP contribution in [0.15, 0.2) is 41.1 Å². The first-order valence-corrected chi connectivity index (χ1v) is 5.99. The fraction of sp³-hybridized carbons (Fsp3) is 0.385. The number of aromatic nitrogens is 2. The maximum absolute atomic E-state index is 5.27. The molecule has 88 valence electrons. The van der Waals surface area contributed by atoms with Crippen molar-refractivity contribution < 1.29 is 4.42 Å². The highest BCUT2D eigenvalue weighted by atomic mass is 16.4. The predicted molar refractivity (Wildman–Crippen MR) is 64.9 cm³/mol. The third-order valence-corrected chi connectivity index (χ3v) is 3.34. The number of hydrogen-bond acceptors (Lipinski definition) is 4. The van der Waals surface area contributed by atoms with Crippen LogP contribution in [0.2, 0.25) is 0 Å². The Balaban J connectivity index is 1.65. The Morgan fingerprint density at radius 1 is 1.12 bits per heavy atom. The van der Waals surface area contributed by atoms with Gasteiger partial charge in [0.2, 0.25) is 12.3 Å². The summed E-state index contributed by atoms with van der Waals surface area (Å²) in [5.74, 6) is 1.22. The van der Waals surface area contributed by atoms with Gasteiger partial charge >= 0.3 is 0 Å². The zero-order valence-electron chi connectivity index (χ0n) is 9.62. The highest BCUT2D eigenvalue weighted by Crippen LogP contribution is 2.28. The van der Waals surface area contributed by atoms with E-state index in [9.17, 15) is 0 Å². The third-order valence-electron chi connectivity index (χ3n) is 3.34. The van der Waals surface area contributed by atoms with Crippen LogP contribution in [-0.4, -0.2) is 23.3 Å². The average molecular weight is 229 g/mol. The SMILES string of the molecule is c1ccc(N2CCC(c3nnco3)CC2)cc1. The minimum atomic E-state index is 0.428. The molecule has 1 aliphatic heterocycles. The molecular weight excluding hydrogens is 214 g/mol. The molecule has 2 aromatic rings. The number of rotatable bonds is 2. The Labute approximate surface area is 100 Å². The second kappa shape index (κ2) is 4.57. The van der Waals surface area contributed by atoms with Crippen molar-refractivity contribution in [3.05, 3.63) is 42.6 Å². The number of benzene rings is 1. The molecule has 4 nitrogen and oxygen atoms in total. The first-order valence-electron chi connectivity index (χ1n) is 5.99. The van der Waals surface area contributed by atoms with E-state index in [1.807, 2.05) is 0 Å². The van der Waals surface area contributed by atoms with Crippen LogP contribution in [0.3, 0.4) is 0 Å². The van der Waals surface area contributed by atoms with Gasteiger partial charge in [-0.05, 0) is 25.0 Å². The van der Waals surface area contributed by atoms with Crippen molar-refractivity contribution in [3.8, 4) is 0 Å². The zero-order chi connectivity index (χ0) is 11.5. The predicted octanol–water partition coefficient (Wildman–Crippen LogP) is 2.45. The smallest absolute Gasteiger partial charge is 0.219 e. The van der Waals surface area contributed by atoms with Crippen LogP contribution in [0.5, 0.6) is 0 Å². The monoisotopic (exact) mass is 229 g/mol. The molecule has 17 heavy (non-hydrogen) atoms. The molecule has 1 aliphatic rings. The van der Waals surface area contributed by atoms with E-state index in [1.54, 1.807) is 0 Å². The molecule has 0 radical (unpaired) electrons. The maximum atomic E-state index is 5.27. The van der Waals surface area contributed by atoms with Crippen molar-refractivity contribution in [1.29, 1.82) is 0 Å². The quantitative estimate of drug-likeness (QED) is 0.793. The van der Waals surface area contributed by atoms with E-state index in [-0.39, 0.29) is 0 Å². The molecule has 0 saturated carbocycles. The molecule has 0 bridgehead atoms. The molecule has 2 heterocycles. The first-order chi connectivity index (χ1) is 8.43. The molecule has 0 spiro atoms. The summed E-state index contributed by atoms with van der Waals surface area (Å²) in [6, 6.07) is 10.5. The maximum Gasteiger partial charge on any atom is 0.219 e. The van der Waals surface area contributed by atoms with E-state index < -0.39 is 0 Å². The van der Waals surface area contributed by atoms with Gasteiger partial charge in [0.05, 0.1) is 0 Å². The van der Waals surface area contributed by atoms with Crippen LogP contribution >= 0.6 is 0 Å². The molecule has 0 atom stereocenters. The largest absolute Gasteiger partial charge is 0.428 e. The average Bonchev–Trinajstić information content (AvgIpc) is 2.94. The van der Waals surface area contributed by atoms with E-state index >= 15 is 0 Å². The van der Waals surface area contributed by atoms with Crippen molar-refractivity contribution >= 4 is 5.69 Å². The van der Waals surface area contributed by atoms with Crippen LogP contribution in [-0.2, 0) is 0 Å². The van der Waals surface area contributed by atoms with Gasteiger partial charge in [-0.25, -0.2) is 0 Å². The van der Waals surface area contributed by atoms with Gasteiger partial charge in [0.1, 0.15) is 0 Å². The Kier molecular flexibility index (Phi) is 2.78.